The smallest absolute Gasteiger partial charge is 0.462 e. The predicted molar refractivity (Wildman–Crippen MR) is 386 cm³/mol. The Labute approximate surface area is 581 Å². The van der Waals surface area contributed by atoms with Gasteiger partial charge in [0.1, 0.15) is 19.3 Å². The molecular weight excluding hydrogens is 1250 g/mol. The molecule has 3 N–H and O–H groups in total. The molecule has 0 heterocycles. The SMILES string of the molecule is CCCCCCCCCCCCCCCCCCCC(=O)OC[C@H](COP(=O)(O)OC[C@@H](O)COP(=O)(O)OC[C@@H](COC(=O)CCCCCCCCCC)OC(=O)CCCCCCCCCCCCCCC)OC(=O)CCCCCCCCCCCCCCCCCCC. The second kappa shape index (κ2) is 70.5. The van der Waals surface area contributed by atoms with Crippen molar-refractivity contribution < 1.29 is 80.2 Å². The van der Waals surface area contributed by atoms with Crippen LogP contribution in [0.5, 0.6) is 0 Å². The van der Waals surface area contributed by atoms with Gasteiger partial charge in [-0.15, -0.1) is 0 Å². The van der Waals surface area contributed by atoms with E-state index in [4.69, 9.17) is 37.0 Å². The molecule has 0 bridgehead atoms. The third kappa shape index (κ3) is 70.3. The molecule has 19 heteroatoms. The minimum atomic E-state index is -4.96. The molecule has 0 aromatic carbocycles. The van der Waals surface area contributed by atoms with Gasteiger partial charge in [-0.1, -0.05) is 355 Å². The van der Waals surface area contributed by atoms with Crippen molar-refractivity contribution in [1.82, 2.24) is 0 Å². The third-order valence-electron chi connectivity index (χ3n) is 17.9. The van der Waals surface area contributed by atoms with Crippen molar-refractivity contribution in [3.8, 4) is 0 Å². The van der Waals surface area contributed by atoms with E-state index in [-0.39, 0.29) is 25.7 Å². The molecule has 0 aromatic heterocycles. The van der Waals surface area contributed by atoms with E-state index in [1.165, 1.54) is 238 Å². The van der Waals surface area contributed by atoms with Crippen LogP contribution in [0.4, 0.5) is 0 Å². The van der Waals surface area contributed by atoms with Crippen LogP contribution >= 0.6 is 15.6 Å². The molecule has 0 radical (unpaired) electrons. The molecule has 5 atom stereocenters. The second-order valence-electron chi connectivity index (χ2n) is 27.4. The standard InChI is InChI=1S/C76H148O17P2/c1-5-9-13-17-21-25-28-31-33-35-37-40-42-45-49-53-57-61-74(79)87-67-72(93-76(81)63-59-55-51-47-44-41-38-36-34-32-29-26-22-18-14-10-6-2)69-91-95(84,85)89-65-70(77)64-88-94(82,83)90-68-71(66-86-73(78)60-56-52-48-24-20-16-12-8-4)92-75(80)62-58-54-50-46-43-39-30-27-23-19-15-11-7-3/h70-72,77H,5-69H2,1-4H3,(H,82,83)(H,84,85)/t70-,71+,72+/m0/s1. The Kier molecular flexibility index (Phi) is 69.1. The Morgan fingerprint density at radius 3 is 0.621 bits per heavy atom. The summed E-state index contributed by atoms with van der Waals surface area (Å²) in [5.41, 5.74) is 0. The molecule has 0 amide bonds. The number of phosphoric ester groups is 2. The Morgan fingerprint density at radius 1 is 0.253 bits per heavy atom. The van der Waals surface area contributed by atoms with Crippen LogP contribution in [0.1, 0.15) is 407 Å². The molecule has 0 fully saturated rings. The lowest BCUT2D eigenvalue weighted by atomic mass is 10.0. The number of carbonyl (C=O) groups excluding carboxylic acids is 4. The summed E-state index contributed by atoms with van der Waals surface area (Å²) in [7, 11) is -9.90. The van der Waals surface area contributed by atoms with Crippen LogP contribution in [0.2, 0.25) is 0 Å². The molecule has 17 nitrogen and oxygen atoms in total. The van der Waals surface area contributed by atoms with Crippen LogP contribution in [-0.4, -0.2) is 96.7 Å². The van der Waals surface area contributed by atoms with Crippen molar-refractivity contribution in [2.24, 2.45) is 0 Å². The fraction of sp³-hybridized carbons (Fsp3) is 0.947. The average Bonchev–Trinajstić information content (AvgIpc) is 3.73. The Balaban J connectivity index is 5.20. The van der Waals surface area contributed by atoms with Crippen LogP contribution in [0.15, 0.2) is 0 Å². The molecule has 0 aliphatic rings. The number of aliphatic hydroxyl groups is 1. The van der Waals surface area contributed by atoms with E-state index < -0.39 is 97.5 Å². The summed E-state index contributed by atoms with van der Waals surface area (Å²) in [6.07, 6.45) is 61.0. The van der Waals surface area contributed by atoms with Crippen molar-refractivity contribution in [3.63, 3.8) is 0 Å². The lowest BCUT2D eigenvalue weighted by molar-refractivity contribution is -0.161. The quantitative estimate of drug-likeness (QED) is 0.0222. The van der Waals surface area contributed by atoms with E-state index in [0.717, 1.165) is 89.9 Å². The van der Waals surface area contributed by atoms with Crippen molar-refractivity contribution in [3.05, 3.63) is 0 Å². The first kappa shape index (κ1) is 93.1. The van der Waals surface area contributed by atoms with Gasteiger partial charge in [0, 0.05) is 25.7 Å². The molecule has 0 aliphatic carbocycles. The van der Waals surface area contributed by atoms with Crippen LogP contribution in [0.3, 0.4) is 0 Å². The monoisotopic (exact) mass is 1400 g/mol. The number of carbonyl (C=O) groups is 4. The lowest BCUT2D eigenvalue weighted by Crippen LogP contribution is -2.30. The van der Waals surface area contributed by atoms with Gasteiger partial charge in [0.05, 0.1) is 26.4 Å². The molecule has 95 heavy (non-hydrogen) atoms. The summed E-state index contributed by atoms with van der Waals surface area (Å²) in [6, 6.07) is 0. The van der Waals surface area contributed by atoms with E-state index in [0.29, 0.717) is 25.7 Å². The first-order valence-corrected chi connectivity index (χ1v) is 42.8. The maximum absolute atomic E-state index is 13.1. The number of ether oxygens (including phenoxy) is 4. The molecule has 0 aliphatic heterocycles. The summed E-state index contributed by atoms with van der Waals surface area (Å²) in [5.74, 6) is -2.11. The molecule has 0 rings (SSSR count). The molecule has 0 spiro atoms. The summed E-state index contributed by atoms with van der Waals surface area (Å²) >= 11 is 0. The zero-order chi connectivity index (χ0) is 69.7. The highest BCUT2D eigenvalue weighted by Gasteiger charge is 2.30. The largest absolute Gasteiger partial charge is 0.472 e. The molecule has 564 valence electrons. The average molecular weight is 1400 g/mol. The number of hydrogen-bond acceptors (Lipinski definition) is 15. The number of unbranched alkanes of at least 4 members (excludes halogenated alkanes) is 51. The van der Waals surface area contributed by atoms with E-state index in [1.807, 2.05) is 0 Å². The van der Waals surface area contributed by atoms with E-state index in [1.54, 1.807) is 0 Å². The van der Waals surface area contributed by atoms with Crippen LogP contribution in [-0.2, 0) is 65.4 Å². The summed E-state index contributed by atoms with van der Waals surface area (Å²) in [6.45, 7) is 4.97. The summed E-state index contributed by atoms with van der Waals surface area (Å²) in [5, 5.41) is 10.6. The van der Waals surface area contributed by atoms with Gasteiger partial charge in [-0.05, 0) is 25.7 Å². The first-order chi connectivity index (χ1) is 46.2. The maximum atomic E-state index is 13.1. The molecule has 0 saturated carbocycles. The van der Waals surface area contributed by atoms with Gasteiger partial charge < -0.3 is 33.8 Å². The molecule has 2 unspecified atom stereocenters. The summed E-state index contributed by atoms with van der Waals surface area (Å²) in [4.78, 5) is 72.7. The van der Waals surface area contributed by atoms with Gasteiger partial charge >= 0.3 is 39.5 Å². The zero-order valence-corrected chi connectivity index (χ0v) is 63.4. The Hall–Kier alpha value is -1.94. The highest BCUT2D eigenvalue weighted by molar-refractivity contribution is 7.47. The maximum Gasteiger partial charge on any atom is 0.472 e. The van der Waals surface area contributed by atoms with Crippen molar-refractivity contribution in [2.75, 3.05) is 39.6 Å². The fourth-order valence-electron chi connectivity index (χ4n) is 11.8. The van der Waals surface area contributed by atoms with E-state index in [2.05, 4.69) is 27.7 Å². The molecule has 0 aromatic rings. The van der Waals surface area contributed by atoms with Gasteiger partial charge in [0.2, 0.25) is 0 Å². The summed E-state index contributed by atoms with van der Waals surface area (Å²) < 4.78 is 68.5. The number of hydrogen-bond donors (Lipinski definition) is 3. The Morgan fingerprint density at radius 2 is 0.421 bits per heavy atom. The fourth-order valence-corrected chi connectivity index (χ4v) is 13.3. The van der Waals surface area contributed by atoms with Gasteiger partial charge in [-0.3, -0.25) is 37.3 Å². The topological polar surface area (TPSA) is 237 Å². The van der Waals surface area contributed by atoms with E-state index >= 15 is 0 Å². The predicted octanol–water partition coefficient (Wildman–Crippen LogP) is 22.6. The normalized spacial score (nSPS) is 13.9. The highest BCUT2D eigenvalue weighted by Crippen LogP contribution is 2.45. The number of rotatable bonds is 77. The van der Waals surface area contributed by atoms with Crippen LogP contribution in [0, 0.1) is 0 Å². The van der Waals surface area contributed by atoms with Gasteiger partial charge in [0.15, 0.2) is 12.2 Å². The molecular formula is C76H148O17P2. The van der Waals surface area contributed by atoms with Crippen molar-refractivity contribution >= 4 is 39.5 Å². The second-order valence-corrected chi connectivity index (χ2v) is 30.3. The first-order valence-electron chi connectivity index (χ1n) is 39.8. The number of phosphoric acid groups is 2. The number of esters is 4. The van der Waals surface area contributed by atoms with Gasteiger partial charge in [0.25, 0.3) is 0 Å². The van der Waals surface area contributed by atoms with Crippen molar-refractivity contribution in [1.29, 1.82) is 0 Å². The van der Waals surface area contributed by atoms with Crippen LogP contribution in [0.25, 0.3) is 0 Å². The van der Waals surface area contributed by atoms with Crippen molar-refractivity contribution in [2.45, 2.75) is 425 Å². The highest BCUT2D eigenvalue weighted by atomic mass is 31.2. The van der Waals surface area contributed by atoms with E-state index in [9.17, 15) is 43.2 Å². The molecule has 0 saturated heterocycles. The zero-order valence-electron chi connectivity index (χ0n) is 61.6. The van der Waals surface area contributed by atoms with Gasteiger partial charge in [-0.25, -0.2) is 9.13 Å². The third-order valence-corrected chi connectivity index (χ3v) is 19.8. The van der Waals surface area contributed by atoms with Crippen LogP contribution < -0.4 is 0 Å². The number of aliphatic hydroxyl groups excluding tert-OH is 1. The van der Waals surface area contributed by atoms with Gasteiger partial charge in [-0.2, -0.15) is 0 Å². The lowest BCUT2D eigenvalue weighted by Gasteiger charge is -2.21. The minimum Gasteiger partial charge on any atom is -0.462 e. The Bertz CT molecular complexity index is 1810. The minimum absolute atomic E-state index is 0.108.